The van der Waals surface area contributed by atoms with Crippen LogP contribution in [0.3, 0.4) is 0 Å². The van der Waals surface area contributed by atoms with Crippen molar-refractivity contribution in [3.8, 4) is 6.07 Å². The molecule has 13 heavy (non-hydrogen) atoms. The Hall–Kier alpha value is -1.38. The van der Waals surface area contributed by atoms with Crippen LogP contribution in [0.4, 0.5) is 0 Å². The molecule has 70 valence electrons. The summed E-state index contributed by atoms with van der Waals surface area (Å²) in [5, 5.41) is 22.6. The molecule has 0 aromatic rings. The maximum atomic E-state index is 9.18. The van der Waals surface area contributed by atoms with E-state index in [4.69, 9.17) is 5.26 Å². The highest BCUT2D eigenvalue weighted by molar-refractivity contribution is 6.11. The second kappa shape index (κ2) is 4.60. The van der Waals surface area contributed by atoms with E-state index in [2.05, 4.69) is 9.99 Å². The number of hydrogen-bond acceptors (Lipinski definition) is 5. The Bertz CT molecular complexity index is 278. The molecule has 5 heteroatoms. The molecule has 1 aliphatic heterocycles. The van der Waals surface area contributed by atoms with E-state index in [0.717, 1.165) is 11.5 Å². The van der Waals surface area contributed by atoms with E-state index >= 15 is 0 Å². The molecule has 1 heterocycles. The first-order valence-corrected chi connectivity index (χ1v) is 3.92. The first-order valence-electron chi connectivity index (χ1n) is 3.92. The van der Waals surface area contributed by atoms with Crippen LogP contribution >= 0.6 is 0 Å². The molecule has 0 fully saturated rings. The number of hydroxylamine groups is 2. The van der Waals surface area contributed by atoms with Crippen molar-refractivity contribution in [2.75, 3.05) is 20.2 Å². The van der Waals surface area contributed by atoms with Crippen molar-refractivity contribution in [3.63, 3.8) is 0 Å². The molecular formula is C8H11N3O2. The maximum Gasteiger partial charge on any atom is 0.183 e. The minimum atomic E-state index is 0.223. The van der Waals surface area contributed by atoms with Gasteiger partial charge in [0.2, 0.25) is 0 Å². The Morgan fingerprint density at radius 2 is 2.62 bits per heavy atom. The van der Waals surface area contributed by atoms with Gasteiger partial charge in [-0.1, -0.05) is 11.2 Å². The minimum absolute atomic E-state index is 0.223. The summed E-state index contributed by atoms with van der Waals surface area (Å²) in [6.07, 6.45) is 2.60. The predicted octanol–water partition coefficient (Wildman–Crippen LogP) is 0.534. The van der Waals surface area contributed by atoms with Crippen LogP contribution in [0.5, 0.6) is 0 Å². The van der Waals surface area contributed by atoms with Crippen molar-refractivity contribution >= 4 is 5.71 Å². The number of oxime groups is 1. The Labute approximate surface area is 76.5 Å². The van der Waals surface area contributed by atoms with Gasteiger partial charge in [0, 0.05) is 12.1 Å². The molecule has 0 aliphatic carbocycles. The van der Waals surface area contributed by atoms with Gasteiger partial charge in [-0.15, -0.1) is 0 Å². The molecule has 1 N–H and O–H groups in total. The molecule has 0 radical (unpaired) electrons. The van der Waals surface area contributed by atoms with Gasteiger partial charge in [-0.05, 0) is 6.42 Å². The predicted molar refractivity (Wildman–Crippen MR) is 46.1 cm³/mol. The summed E-state index contributed by atoms with van der Waals surface area (Å²) < 4.78 is 0. The molecule has 0 spiro atoms. The molecule has 5 nitrogen and oxygen atoms in total. The lowest BCUT2D eigenvalue weighted by Gasteiger charge is -2.19. The van der Waals surface area contributed by atoms with Crippen LogP contribution in [-0.2, 0) is 4.84 Å². The smallest absolute Gasteiger partial charge is 0.183 e. The van der Waals surface area contributed by atoms with Gasteiger partial charge in [0.1, 0.15) is 13.2 Å². The molecule has 0 saturated heterocycles. The third kappa shape index (κ3) is 2.54. The highest BCUT2D eigenvalue weighted by Crippen LogP contribution is 2.09. The average molecular weight is 181 g/mol. The summed E-state index contributed by atoms with van der Waals surface area (Å²) in [4.78, 5) is 4.51. The van der Waals surface area contributed by atoms with E-state index < -0.39 is 0 Å². The Morgan fingerprint density at radius 1 is 1.85 bits per heavy atom. The lowest BCUT2D eigenvalue weighted by molar-refractivity contribution is -0.0831. The van der Waals surface area contributed by atoms with E-state index in [-0.39, 0.29) is 5.71 Å². The topological polar surface area (TPSA) is 68.8 Å². The fraction of sp³-hybridized carbons (Fsp3) is 0.500. The zero-order chi connectivity index (χ0) is 9.68. The molecule has 0 aromatic carbocycles. The highest BCUT2D eigenvalue weighted by atomic mass is 16.6. The van der Waals surface area contributed by atoms with Crippen molar-refractivity contribution in [3.05, 3.63) is 11.6 Å². The quantitative estimate of drug-likeness (QED) is 0.498. The molecule has 1 rings (SSSR count). The van der Waals surface area contributed by atoms with Gasteiger partial charge in [-0.2, -0.15) is 10.3 Å². The van der Waals surface area contributed by atoms with Gasteiger partial charge in [-0.25, -0.2) is 0 Å². The second-order valence-electron chi connectivity index (χ2n) is 2.64. The van der Waals surface area contributed by atoms with E-state index in [0.29, 0.717) is 18.7 Å². The van der Waals surface area contributed by atoms with Gasteiger partial charge in [-0.3, -0.25) is 0 Å². The molecule has 0 amide bonds. The molecule has 0 aromatic heterocycles. The van der Waals surface area contributed by atoms with E-state index in [1.807, 2.05) is 12.1 Å². The summed E-state index contributed by atoms with van der Waals surface area (Å²) >= 11 is 0. The van der Waals surface area contributed by atoms with Crippen LogP contribution in [0.1, 0.15) is 6.42 Å². The molecule has 1 aliphatic rings. The van der Waals surface area contributed by atoms with Crippen molar-refractivity contribution in [1.82, 2.24) is 5.06 Å². The zero-order valence-electron chi connectivity index (χ0n) is 7.40. The Kier molecular flexibility index (Phi) is 3.43. The summed E-state index contributed by atoms with van der Waals surface area (Å²) in [6, 6.07) is 1.91. The summed E-state index contributed by atoms with van der Waals surface area (Å²) in [5.41, 5.74) is 0.930. The number of nitriles is 1. The third-order valence-corrected chi connectivity index (χ3v) is 1.72. The maximum absolute atomic E-state index is 9.18. The van der Waals surface area contributed by atoms with Crippen molar-refractivity contribution in [1.29, 1.82) is 5.26 Å². The molecule has 0 atom stereocenters. The fourth-order valence-corrected chi connectivity index (χ4v) is 1.14. The van der Waals surface area contributed by atoms with Crippen LogP contribution in [0.2, 0.25) is 0 Å². The monoisotopic (exact) mass is 181 g/mol. The number of nitrogens with zero attached hydrogens (tertiary/aromatic N) is 3. The third-order valence-electron chi connectivity index (χ3n) is 1.72. The normalized spacial score (nSPS) is 19.2. The number of hydrogen-bond donors (Lipinski definition) is 1. The average Bonchev–Trinajstić information content (AvgIpc) is 2.14. The zero-order valence-corrected chi connectivity index (χ0v) is 7.40. The standard InChI is InChI=1S/C8H11N3O2/c1-13-10-8(5-9)7-3-2-4-11(12)6-7/h3,12H,2,4,6H2,1H3/b10-8+. The Balaban J connectivity index is 2.76. The van der Waals surface area contributed by atoms with Gasteiger partial charge >= 0.3 is 0 Å². The van der Waals surface area contributed by atoms with Crippen LogP contribution in [0.25, 0.3) is 0 Å². The SMILES string of the molecule is CO/N=C(\C#N)C1=CCCN(O)C1. The van der Waals surface area contributed by atoms with Crippen molar-refractivity contribution in [2.24, 2.45) is 5.16 Å². The van der Waals surface area contributed by atoms with Gasteiger partial charge in [0.15, 0.2) is 5.71 Å². The lowest BCUT2D eigenvalue weighted by Crippen LogP contribution is -2.28. The molecule has 0 bridgehead atoms. The summed E-state index contributed by atoms with van der Waals surface area (Å²) in [5.74, 6) is 0. The van der Waals surface area contributed by atoms with Gasteiger partial charge < -0.3 is 10.0 Å². The fourth-order valence-electron chi connectivity index (χ4n) is 1.14. The van der Waals surface area contributed by atoms with Crippen LogP contribution in [0, 0.1) is 11.3 Å². The van der Waals surface area contributed by atoms with Crippen molar-refractivity contribution in [2.45, 2.75) is 6.42 Å². The van der Waals surface area contributed by atoms with Crippen molar-refractivity contribution < 1.29 is 10.0 Å². The number of rotatable bonds is 2. The first kappa shape index (κ1) is 9.71. The lowest BCUT2D eigenvalue weighted by atomic mass is 10.1. The summed E-state index contributed by atoms with van der Waals surface area (Å²) in [7, 11) is 1.39. The van der Waals surface area contributed by atoms with E-state index in [9.17, 15) is 5.21 Å². The van der Waals surface area contributed by atoms with Crippen LogP contribution in [0.15, 0.2) is 16.8 Å². The Morgan fingerprint density at radius 3 is 3.15 bits per heavy atom. The second-order valence-corrected chi connectivity index (χ2v) is 2.64. The summed E-state index contributed by atoms with van der Waals surface area (Å²) in [6.45, 7) is 0.922. The van der Waals surface area contributed by atoms with E-state index in [1.165, 1.54) is 7.11 Å². The molecule has 0 saturated carbocycles. The van der Waals surface area contributed by atoms with Crippen LogP contribution in [-0.4, -0.2) is 36.2 Å². The first-order chi connectivity index (χ1) is 6.27. The van der Waals surface area contributed by atoms with Gasteiger partial charge in [0.05, 0.1) is 6.54 Å². The largest absolute Gasteiger partial charge is 0.398 e. The van der Waals surface area contributed by atoms with Crippen LogP contribution < -0.4 is 0 Å². The minimum Gasteiger partial charge on any atom is -0.398 e. The van der Waals surface area contributed by atoms with E-state index in [1.54, 1.807) is 0 Å². The highest BCUT2D eigenvalue weighted by Gasteiger charge is 2.15. The van der Waals surface area contributed by atoms with Gasteiger partial charge in [0.25, 0.3) is 0 Å². The molecule has 0 unspecified atom stereocenters. The molecular weight excluding hydrogens is 170 g/mol.